The molecule has 0 saturated carbocycles. The summed E-state index contributed by atoms with van der Waals surface area (Å²) in [5.74, 6) is 0.778. The van der Waals surface area contributed by atoms with E-state index in [-0.39, 0.29) is 24.9 Å². The number of anilines is 1. The van der Waals surface area contributed by atoms with Crippen LogP contribution < -0.4 is 21.1 Å². The van der Waals surface area contributed by atoms with E-state index in [4.69, 9.17) is 10.5 Å². The highest BCUT2D eigenvalue weighted by atomic mass is 32.1. The molecule has 0 saturated heterocycles. The van der Waals surface area contributed by atoms with Crippen molar-refractivity contribution in [3.05, 3.63) is 41.3 Å². The van der Waals surface area contributed by atoms with E-state index in [1.165, 1.54) is 20.2 Å². The number of thiophene rings is 1. The SMILES string of the molecule is COc1cc(C)cc2cc(-c3c(CNC(C)=O)c(CNC(C)=O)n4ncnc(N)c34)sc12. The number of aromatic nitrogens is 3. The van der Waals surface area contributed by atoms with Gasteiger partial charge in [0.25, 0.3) is 0 Å². The molecule has 166 valence electrons. The van der Waals surface area contributed by atoms with Gasteiger partial charge in [0.2, 0.25) is 11.8 Å². The van der Waals surface area contributed by atoms with Crippen LogP contribution in [-0.2, 0) is 22.7 Å². The van der Waals surface area contributed by atoms with E-state index in [1.54, 1.807) is 23.0 Å². The Balaban J connectivity index is 2.03. The number of nitrogens with two attached hydrogens (primary N) is 1. The van der Waals surface area contributed by atoms with Crippen molar-refractivity contribution in [2.75, 3.05) is 12.8 Å². The molecule has 1 aromatic carbocycles. The predicted octanol–water partition coefficient (Wildman–Crippen LogP) is 2.78. The number of fused-ring (bicyclic) bond motifs is 2. The summed E-state index contributed by atoms with van der Waals surface area (Å²) in [6, 6.07) is 6.18. The second kappa shape index (κ2) is 8.46. The first-order valence-corrected chi connectivity index (χ1v) is 10.8. The van der Waals surface area contributed by atoms with E-state index in [0.29, 0.717) is 11.3 Å². The smallest absolute Gasteiger partial charge is 0.217 e. The van der Waals surface area contributed by atoms with Crippen molar-refractivity contribution in [1.29, 1.82) is 0 Å². The minimum Gasteiger partial charge on any atom is -0.495 e. The Labute approximate surface area is 188 Å². The lowest BCUT2D eigenvalue weighted by Gasteiger charge is -2.08. The van der Waals surface area contributed by atoms with E-state index in [0.717, 1.165) is 43.1 Å². The molecular weight excluding hydrogens is 428 g/mol. The molecule has 4 N–H and O–H groups in total. The molecule has 0 spiro atoms. The number of nitrogen functional groups attached to an aromatic ring is 1. The maximum Gasteiger partial charge on any atom is 0.217 e. The number of nitrogens with zero attached hydrogens (tertiary/aromatic N) is 3. The van der Waals surface area contributed by atoms with Crippen molar-refractivity contribution >= 4 is 44.6 Å². The Bertz CT molecular complexity index is 1360. The van der Waals surface area contributed by atoms with Crippen LogP contribution in [0.2, 0.25) is 0 Å². The number of amides is 2. The maximum atomic E-state index is 11.7. The topological polar surface area (TPSA) is 124 Å². The van der Waals surface area contributed by atoms with Gasteiger partial charge < -0.3 is 21.1 Å². The Morgan fingerprint density at radius 1 is 1.16 bits per heavy atom. The number of hydrogen-bond acceptors (Lipinski definition) is 7. The van der Waals surface area contributed by atoms with Crippen molar-refractivity contribution in [2.24, 2.45) is 0 Å². The molecule has 9 nitrogen and oxygen atoms in total. The fourth-order valence-electron chi connectivity index (χ4n) is 3.82. The van der Waals surface area contributed by atoms with Crippen LogP contribution in [0.3, 0.4) is 0 Å². The van der Waals surface area contributed by atoms with E-state index >= 15 is 0 Å². The Morgan fingerprint density at radius 3 is 2.56 bits per heavy atom. The summed E-state index contributed by atoms with van der Waals surface area (Å²) in [6.07, 6.45) is 1.38. The monoisotopic (exact) mass is 452 g/mol. The summed E-state index contributed by atoms with van der Waals surface area (Å²) in [4.78, 5) is 28.5. The van der Waals surface area contributed by atoms with Gasteiger partial charge in [-0.25, -0.2) is 9.50 Å². The van der Waals surface area contributed by atoms with E-state index in [1.807, 2.05) is 13.0 Å². The second-order valence-electron chi connectivity index (χ2n) is 7.52. The van der Waals surface area contributed by atoms with Gasteiger partial charge in [-0.2, -0.15) is 5.10 Å². The number of benzene rings is 1. The first-order chi connectivity index (χ1) is 15.3. The number of aryl methyl sites for hydroxylation is 1. The van der Waals surface area contributed by atoms with Crippen LogP contribution in [0.15, 0.2) is 24.5 Å². The third-order valence-corrected chi connectivity index (χ3v) is 6.36. The summed E-state index contributed by atoms with van der Waals surface area (Å²) in [6.45, 7) is 5.42. The largest absolute Gasteiger partial charge is 0.495 e. The summed E-state index contributed by atoms with van der Waals surface area (Å²) in [5.41, 5.74) is 10.4. The van der Waals surface area contributed by atoms with Crippen LogP contribution in [0, 0.1) is 6.92 Å². The molecule has 0 unspecified atom stereocenters. The molecule has 0 fully saturated rings. The van der Waals surface area contributed by atoms with Crippen molar-refractivity contribution in [2.45, 2.75) is 33.9 Å². The van der Waals surface area contributed by atoms with Crippen molar-refractivity contribution in [3.8, 4) is 16.2 Å². The van der Waals surface area contributed by atoms with Crippen LogP contribution in [0.25, 0.3) is 26.0 Å². The molecule has 0 aliphatic rings. The summed E-state index contributed by atoms with van der Waals surface area (Å²) in [7, 11) is 1.65. The minimum atomic E-state index is -0.170. The molecule has 3 aromatic heterocycles. The lowest BCUT2D eigenvalue weighted by molar-refractivity contribution is -0.120. The molecule has 10 heteroatoms. The van der Waals surface area contributed by atoms with Crippen LogP contribution in [0.5, 0.6) is 5.75 Å². The number of carbonyl (C=O) groups excluding carboxylic acids is 2. The standard InChI is InChI=1S/C22H24N6O3S/c1-11-5-14-7-18(32-21(14)17(6-11)31-4)19-15(8-24-12(2)29)16(9-25-13(3)30)28-20(19)22(23)26-10-27-28/h5-7,10H,8-9H2,1-4H3,(H,24,29)(H,25,30)(H2,23,26,27). The maximum absolute atomic E-state index is 11.7. The predicted molar refractivity (Wildman–Crippen MR) is 125 cm³/mol. The van der Waals surface area contributed by atoms with Gasteiger partial charge in [0.15, 0.2) is 5.82 Å². The molecule has 0 aliphatic carbocycles. The van der Waals surface area contributed by atoms with Gasteiger partial charge in [-0.3, -0.25) is 9.59 Å². The molecule has 2 amide bonds. The van der Waals surface area contributed by atoms with Crippen LogP contribution >= 0.6 is 11.3 Å². The zero-order chi connectivity index (χ0) is 23.0. The number of carbonyl (C=O) groups is 2. The third-order valence-electron chi connectivity index (χ3n) is 5.17. The molecule has 0 bridgehead atoms. The summed E-state index contributed by atoms with van der Waals surface area (Å²) >= 11 is 1.57. The lowest BCUT2D eigenvalue weighted by atomic mass is 10.1. The van der Waals surface area contributed by atoms with Crippen molar-refractivity contribution in [3.63, 3.8) is 0 Å². The Kier molecular flexibility index (Phi) is 5.70. The van der Waals surface area contributed by atoms with Gasteiger partial charge in [-0.15, -0.1) is 11.3 Å². The van der Waals surface area contributed by atoms with Gasteiger partial charge in [0.1, 0.15) is 17.6 Å². The average Bonchev–Trinajstić information content (AvgIpc) is 3.29. The summed E-state index contributed by atoms with van der Waals surface area (Å²) in [5, 5.41) is 11.1. The average molecular weight is 453 g/mol. The fourth-order valence-corrected chi connectivity index (χ4v) is 5.02. The highest BCUT2D eigenvalue weighted by Gasteiger charge is 2.25. The van der Waals surface area contributed by atoms with Crippen molar-refractivity contribution in [1.82, 2.24) is 25.2 Å². The number of ether oxygens (including phenoxy) is 1. The van der Waals surface area contributed by atoms with Crippen LogP contribution in [0.4, 0.5) is 5.82 Å². The molecular formula is C22H24N6O3S. The molecule has 3 heterocycles. The first kappa shape index (κ1) is 21.6. The van der Waals surface area contributed by atoms with E-state index in [9.17, 15) is 9.59 Å². The number of methoxy groups -OCH3 is 1. The molecule has 4 rings (SSSR count). The molecule has 32 heavy (non-hydrogen) atoms. The van der Waals surface area contributed by atoms with Crippen LogP contribution in [0.1, 0.15) is 30.7 Å². The minimum absolute atomic E-state index is 0.163. The van der Waals surface area contributed by atoms with Gasteiger partial charge in [0.05, 0.1) is 24.0 Å². The third kappa shape index (κ3) is 3.84. The zero-order valence-corrected chi connectivity index (χ0v) is 19.1. The zero-order valence-electron chi connectivity index (χ0n) is 18.3. The summed E-state index contributed by atoms with van der Waals surface area (Å²) < 4.78 is 8.30. The number of rotatable bonds is 6. The Hall–Kier alpha value is -3.66. The highest BCUT2D eigenvalue weighted by molar-refractivity contribution is 7.22. The highest BCUT2D eigenvalue weighted by Crippen LogP contribution is 2.44. The molecule has 4 aromatic rings. The second-order valence-corrected chi connectivity index (χ2v) is 8.57. The first-order valence-electron chi connectivity index (χ1n) is 10.0. The van der Waals surface area contributed by atoms with Gasteiger partial charge in [0, 0.05) is 36.4 Å². The Morgan fingerprint density at radius 2 is 1.88 bits per heavy atom. The lowest BCUT2D eigenvalue weighted by Crippen LogP contribution is -2.24. The number of hydrogen-bond donors (Lipinski definition) is 3. The normalized spacial score (nSPS) is 11.1. The molecule has 0 radical (unpaired) electrons. The molecule has 0 aliphatic heterocycles. The van der Waals surface area contributed by atoms with E-state index in [2.05, 4.69) is 32.8 Å². The van der Waals surface area contributed by atoms with Crippen molar-refractivity contribution < 1.29 is 14.3 Å². The van der Waals surface area contributed by atoms with Crippen LogP contribution in [-0.4, -0.2) is 33.5 Å². The number of nitrogens with one attached hydrogen (secondary N) is 2. The van der Waals surface area contributed by atoms with E-state index < -0.39 is 0 Å². The quantitative estimate of drug-likeness (QED) is 0.413. The van der Waals surface area contributed by atoms with Gasteiger partial charge >= 0.3 is 0 Å². The molecule has 0 atom stereocenters. The van der Waals surface area contributed by atoms with Gasteiger partial charge in [-0.05, 0) is 30.0 Å². The fraction of sp³-hybridized carbons (Fsp3) is 0.273. The van der Waals surface area contributed by atoms with Gasteiger partial charge in [-0.1, -0.05) is 6.07 Å².